The van der Waals surface area contributed by atoms with Crippen LogP contribution in [-0.4, -0.2) is 24.3 Å². The molecule has 5 rings (SSSR count). The predicted octanol–water partition coefficient (Wildman–Crippen LogP) is 4.02. The van der Waals surface area contributed by atoms with Crippen LogP contribution in [0.2, 0.25) is 0 Å². The monoisotopic (exact) mass is 354 g/mol. The lowest BCUT2D eigenvalue weighted by Gasteiger charge is -2.57. The molecule has 1 atom stereocenters. The molecular weight excluding hydrogens is 324 g/mol. The highest BCUT2D eigenvalue weighted by atomic mass is 16.2. The zero-order valence-corrected chi connectivity index (χ0v) is 15.9. The molecule has 0 saturated heterocycles. The van der Waals surface area contributed by atoms with Gasteiger partial charge in [0, 0.05) is 17.8 Å². The second-order valence-corrected chi connectivity index (χ2v) is 9.14. The summed E-state index contributed by atoms with van der Waals surface area (Å²) in [6.45, 7) is 4.46. The maximum absolute atomic E-state index is 12.5. The number of ketones is 1. The molecule has 0 heterocycles. The van der Waals surface area contributed by atoms with Crippen molar-refractivity contribution in [2.45, 2.75) is 58.4 Å². The lowest BCUT2D eigenvalue weighted by atomic mass is 9.49. The fraction of sp³-hybridized carbons (Fsp3) is 0.636. The number of carbonyl (C=O) groups excluding carboxylic acids is 2. The molecule has 4 bridgehead atoms. The van der Waals surface area contributed by atoms with E-state index in [0.29, 0.717) is 11.0 Å². The number of nitrogens with one attached hydrogen (secondary N) is 2. The summed E-state index contributed by atoms with van der Waals surface area (Å²) in [7, 11) is 0. The molecule has 4 aliphatic carbocycles. The van der Waals surface area contributed by atoms with Crippen LogP contribution in [0.25, 0.3) is 0 Å². The van der Waals surface area contributed by atoms with Crippen molar-refractivity contribution in [1.82, 2.24) is 5.32 Å². The maximum atomic E-state index is 12.5. The van der Waals surface area contributed by atoms with Crippen molar-refractivity contribution < 1.29 is 9.59 Å². The van der Waals surface area contributed by atoms with Gasteiger partial charge in [-0.3, -0.25) is 9.59 Å². The van der Waals surface area contributed by atoms with Gasteiger partial charge in [-0.15, -0.1) is 0 Å². The number of hydrogen-bond donors (Lipinski definition) is 2. The van der Waals surface area contributed by atoms with E-state index < -0.39 is 0 Å². The molecule has 4 fully saturated rings. The summed E-state index contributed by atoms with van der Waals surface area (Å²) in [6.07, 6.45) is 8.41. The third kappa shape index (κ3) is 3.57. The van der Waals surface area contributed by atoms with Gasteiger partial charge in [-0.2, -0.15) is 0 Å². The molecule has 0 spiro atoms. The van der Waals surface area contributed by atoms with Gasteiger partial charge in [0.25, 0.3) is 0 Å². The Morgan fingerprint density at radius 1 is 1.04 bits per heavy atom. The van der Waals surface area contributed by atoms with Gasteiger partial charge in [0.15, 0.2) is 5.78 Å². The Balaban J connectivity index is 1.31. The highest BCUT2D eigenvalue weighted by molar-refractivity contribution is 5.96. The Kier molecular flexibility index (Phi) is 4.64. The largest absolute Gasteiger partial charge is 0.325 e. The van der Waals surface area contributed by atoms with Crippen molar-refractivity contribution >= 4 is 17.4 Å². The average Bonchev–Trinajstić information content (AvgIpc) is 2.59. The van der Waals surface area contributed by atoms with E-state index in [1.807, 2.05) is 6.92 Å². The Bertz CT molecular complexity index is 659. The molecule has 1 amide bonds. The molecule has 4 aliphatic rings. The van der Waals surface area contributed by atoms with Crippen molar-refractivity contribution in [3.05, 3.63) is 29.8 Å². The van der Waals surface area contributed by atoms with Crippen LogP contribution in [0.4, 0.5) is 5.69 Å². The fourth-order valence-electron chi connectivity index (χ4n) is 6.01. The topological polar surface area (TPSA) is 58.2 Å². The molecule has 26 heavy (non-hydrogen) atoms. The van der Waals surface area contributed by atoms with E-state index in [4.69, 9.17) is 0 Å². The van der Waals surface area contributed by atoms with Crippen LogP contribution in [0.15, 0.2) is 24.3 Å². The standard InChI is InChI=1S/C22H30N2O2/c1-14(21(26)24-20-5-3-19(4-6-20)15(2)25)23-13-22-10-16-7-17(11-22)9-18(8-16)12-22/h3-6,14,16-18,23H,7-13H2,1-2H3,(H,24,26)/t14-,16?,17?,18?,22?/m1/s1. The Labute approximate surface area is 156 Å². The molecule has 4 nitrogen and oxygen atoms in total. The first-order valence-corrected chi connectivity index (χ1v) is 10.1. The smallest absolute Gasteiger partial charge is 0.241 e. The van der Waals surface area contributed by atoms with E-state index in [2.05, 4.69) is 10.6 Å². The van der Waals surface area contributed by atoms with Crippen molar-refractivity contribution in [1.29, 1.82) is 0 Å². The second-order valence-electron chi connectivity index (χ2n) is 9.14. The maximum Gasteiger partial charge on any atom is 0.241 e. The van der Waals surface area contributed by atoms with Gasteiger partial charge in [-0.05, 0) is 99.8 Å². The van der Waals surface area contributed by atoms with Crippen LogP contribution in [0.3, 0.4) is 0 Å². The molecule has 140 valence electrons. The quantitative estimate of drug-likeness (QED) is 0.759. The first kappa shape index (κ1) is 17.7. The molecule has 4 heteroatoms. The predicted molar refractivity (Wildman–Crippen MR) is 103 cm³/mol. The zero-order valence-electron chi connectivity index (χ0n) is 15.9. The summed E-state index contributed by atoms with van der Waals surface area (Å²) in [4.78, 5) is 23.8. The summed E-state index contributed by atoms with van der Waals surface area (Å²) in [5, 5.41) is 6.48. The van der Waals surface area contributed by atoms with Crippen molar-refractivity contribution in [2.24, 2.45) is 23.2 Å². The zero-order chi connectivity index (χ0) is 18.3. The van der Waals surface area contributed by atoms with Gasteiger partial charge in [0.05, 0.1) is 6.04 Å². The number of amides is 1. The van der Waals surface area contributed by atoms with Crippen LogP contribution in [0.1, 0.15) is 62.7 Å². The molecular formula is C22H30N2O2. The second kappa shape index (κ2) is 6.80. The summed E-state index contributed by atoms with van der Waals surface area (Å²) in [6, 6.07) is 6.88. The van der Waals surface area contributed by atoms with Crippen molar-refractivity contribution in [3.63, 3.8) is 0 Å². The molecule has 0 radical (unpaired) electrons. The van der Waals surface area contributed by atoms with E-state index in [9.17, 15) is 9.59 Å². The van der Waals surface area contributed by atoms with Gasteiger partial charge in [-0.25, -0.2) is 0 Å². The summed E-state index contributed by atoms with van der Waals surface area (Å²) >= 11 is 0. The SMILES string of the molecule is CC(=O)c1ccc(NC(=O)[C@@H](C)NCC23CC4CC(CC(C4)C2)C3)cc1. The minimum Gasteiger partial charge on any atom is -0.325 e. The van der Waals surface area contributed by atoms with E-state index in [1.165, 1.54) is 38.5 Å². The minimum atomic E-state index is -0.213. The summed E-state index contributed by atoms with van der Waals surface area (Å²) in [5.41, 5.74) is 1.84. The molecule has 1 aromatic rings. The van der Waals surface area contributed by atoms with Crippen LogP contribution < -0.4 is 10.6 Å². The van der Waals surface area contributed by atoms with Crippen LogP contribution in [-0.2, 0) is 4.79 Å². The first-order chi connectivity index (χ1) is 12.4. The highest BCUT2D eigenvalue weighted by Gasteiger charge is 2.50. The van der Waals surface area contributed by atoms with E-state index in [0.717, 1.165) is 30.0 Å². The molecule has 2 N–H and O–H groups in total. The van der Waals surface area contributed by atoms with Crippen LogP contribution >= 0.6 is 0 Å². The Hall–Kier alpha value is -1.68. The summed E-state index contributed by atoms with van der Waals surface area (Å²) in [5.74, 6) is 2.84. The number of anilines is 1. The normalized spacial score (nSPS) is 33.1. The third-order valence-corrected chi connectivity index (χ3v) is 6.90. The molecule has 4 saturated carbocycles. The van der Waals surface area contributed by atoms with E-state index >= 15 is 0 Å². The lowest BCUT2D eigenvalue weighted by Crippen LogP contribution is -2.52. The third-order valence-electron chi connectivity index (χ3n) is 6.90. The molecule has 0 aliphatic heterocycles. The average molecular weight is 354 g/mol. The number of hydrogen-bond acceptors (Lipinski definition) is 3. The van der Waals surface area contributed by atoms with E-state index in [1.54, 1.807) is 31.2 Å². The number of rotatable bonds is 6. The Morgan fingerprint density at radius 3 is 2.08 bits per heavy atom. The number of carbonyl (C=O) groups is 2. The minimum absolute atomic E-state index is 0.00898. The van der Waals surface area contributed by atoms with E-state index in [-0.39, 0.29) is 17.7 Å². The van der Waals surface area contributed by atoms with Gasteiger partial charge in [0.2, 0.25) is 5.91 Å². The number of Topliss-reactive ketones (excluding diaryl/α,β-unsaturated/α-hetero) is 1. The molecule has 0 unspecified atom stereocenters. The summed E-state index contributed by atoms with van der Waals surface area (Å²) < 4.78 is 0. The fourth-order valence-corrected chi connectivity index (χ4v) is 6.01. The molecule has 1 aromatic carbocycles. The van der Waals surface area contributed by atoms with Gasteiger partial charge >= 0.3 is 0 Å². The number of benzene rings is 1. The highest BCUT2D eigenvalue weighted by Crippen LogP contribution is 2.59. The van der Waals surface area contributed by atoms with Gasteiger partial charge in [-0.1, -0.05) is 0 Å². The first-order valence-electron chi connectivity index (χ1n) is 10.1. The van der Waals surface area contributed by atoms with Crippen LogP contribution in [0, 0.1) is 23.2 Å². The van der Waals surface area contributed by atoms with Crippen LogP contribution in [0.5, 0.6) is 0 Å². The molecule has 0 aromatic heterocycles. The van der Waals surface area contributed by atoms with Crippen molar-refractivity contribution in [3.8, 4) is 0 Å². The van der Waals surface area contributed by atoms with Gasteiger partial charge < -0.3 is 10.6 Å². The Morgan fingerprint density at radius 2 is 1.58 bits per heavy atom. The lowest BCUT2D eigenvalue weighted by molar-refractivity contribution is -0.118. The van der Waals surface area contributed by atoms with Crippen molar-refractivity contribution in [2.75, 3.05) is 11.9 Å². The van der Waals surface area contributed by atoms with Gasteiger partial charge in [0.1, 0.15) is 0 Å².